The number of carbonyl (C=O) groups is 1. The Morgan fingerprint density at radius 3 is 2.63 bits per heavy atom. The van der Waals surface area contributed by atoms with Crippen LogP contribution in [0.4, 0.5) is 17.1 Å². The molecular weight excluding hydrogens is 306 g/mol. The predicted molar refractivity (Wildman–Crippen MR) is 81.5 cm³/mol. The molecule has 2 aromatic carbocycles. The number of rotatable bonds is 3. The standard InChI is InChI=1S/C14H14BrN3O/c1-8-7-9(5-6-11(8)15)18-13-10(14(17)19)3-2-4-12(13)16/h2-7,18H,16H2,1H3,(H2,17,19). The van der Waals surface area contributed by atoms with Crippen molar-refractivity contribution in [2.75, 3.05) is 11.1 Å². The van der Waals surface area contributed by atoms with E-state index in [2.05, 4.69) is 21.2 Å². The van der Waals surface area contributed by atoms with Crippen LogP contribution < -0.4 is 16.8 Å². The topological polar surface area (TPSA) is 81.1 Å². The van der Waals surface area contributed by atoms with Crippen LogP contribution in [-0.2, 0) is 0 Å². The summed E-state index contributed by atoms with van der Waals surface area (Å²) in [7, 11) is 0. The number of halogens is 1. The Balaban J connectivity index is 2.42. The molecule has 4 nitrogen and oxygen atoms in total. The summed E-state index contributed by atoms with van der Waals surface area (Å²) >= 11 is 3.44. The summed E-state index contributed by atoms with van der Waals surface area (Å²) in [5.74, 6) is -0.511. The lowest BCUT2D eigenvalue weighted by atomic mass is 10.1. The number of carbonyl (C=O) groups excluding carboxylic acids is 1. The molecule has 0 spiro atoms. The monoisotopic (exact) mass is 319 g/mol. The van der Waals surface area contributed by atoms with Crippen molar-refractivity contribution in [1.82, 2.24) is 0 Å². The normalized spacial score (nSPS) is 10.2. The Hall–Kier alpha value is -2.01. The number of anilines is 3. The molecule has 0 atom stereocenters. The lowest BCUT2D eigenvalue weighted by molar-refractivity contribution is 0.100. The molecule has 0 fully saturated rings. The first kappa shape index (κ1) is 13.4. The van der Waals surface area contributed by atoms with Crippen LogP contribution in [0.2, 0.25) is 0 Å². The first-order valence-electron chi connectivity index (χ1n) is 5.70. The second-order valence-electron chi connectivity index (χ2n) is 4.22. The van der Waals surface area contributed by atoms with Gasteiger partial charge >= 0.3 is 0 Å². The van der Waals surface area contributed by atoms with Gasteiger partial charge in [0, 0.05) is 10.2 Å². The summed E-state index contributed by atoms with van der Waals surface area (Å²) in [5.41, 5.74) is 14.6. The number of primary amides is 1. The molecule has 0 radical (unpaired) electrons. The summed E-state index contributed by atoms with van der Waals surface area (Å²) in [6, 6.07) is 10.9. The van der Waals surface area contributed by atoms with E-state index in [0.717, 1.165) is 15.7 Å². The predicted octanol–water partition coefficient (Wildman–Crippen LogP) is 3.18. The molecule has 0 saturated heterocycles. The number of nitrogens with two attached hydrogens (primary N) is 2. The van der Waals surface area contributed by atoms with Crippen molar-refractivity contribution in [1.29, 1.82) is 0 Å². The van der Waals surface area contributed by atoms with E-state index in [-0.39, 0.29) is 0 Å². The van der Waals surface area contributed by atoms with E-state index in [1.807, 2.05) is 25.1 Å². The molecule has 5 N–H and O–H groups in total. The van der Waals surface area contributed by atoms with E-state index in [1.165, 1.54) is 0 Å². The van der Waals surface area contributed by atoms with Crippen molar-refractivity contribution in [2.24, 2.45) is 5.73 Å². The average Bonchev–Trinajstić information content (AvgIpc) is 2.36. The number of nitrogens with one attached hydrogen (secondary N) is 1. The third-order valence-corrected chi connectivity index (χ3v) is 3.68. The van der Waals surface area contributed by atoms with Crippen LogP contribution in [-0.4, -0.2) is 5.91 Å². The summed E-state index contributed by atoms with van der Waals surface area (Å²) in [5, 5.41) is 3.14. The van der Waals surface area contributed by atoms with Gasteiger partial charge in [0.25, 0.3) is 5.91 Å². The van der Waals surface area contributed by atoms with Crippen molar-refractivity contribution in [3.05, 3.63) is 52.0 Å². The van der Waals surface area contributed by atoms with Crippen LogP contribution in [0.15, 0.2) is 40.9 Å². The van der Waals surface area contributed by atoms with Crippen LogP contribution >= 0.6 is 15.9 Å². The molecule has 0 aromatic heterocycles. The minimum atomic E-state index is -0.511. The maximum absolute atomic E-state index is 11.4. The summed E-state index contributed by atoms with van der Waals surface area (Å²) in [4.78, 5) is 11.4. The van der Waals surface area contributed by atoms with Crippen molar-refractivity contribution in [2.45, 2.75) is 6.92 Å². The van der Waals surface area contributed by atoms with Crippen molar-refractivity contribution in [3.63, 3.8) is 0 Å². The van der Waals surface area contributed by atoms with Gasteiger partial charge in [0.1, 0.15) is 0 Å². The third kappa shape index (κ3) is 2.88. The van der Waals surface area contributed by atoms with Gasteiger partial charge in [0.05, 0.1) is 16.9 Å². The first-order valence-corrected chi connectivity index (χ1v) is 6.50. The van der Waals surface area contributed by atoms with Crippen LogP contribution in [0.3, 0.4) is 0 Å². The Kier molecular flexibility index (Phi) is 3.76. The molecule has 19 heavy (non-hydrogen) atoms. The molecule has 0 aliphatic rings. The molecule has 2 rings (SSSR count). The fourth-order valence-corrected chi connectivity index (χ4v) is 2.03. The largest absolute Gasteiger partial charge is 0.397 e. The van der Waals surface area contributed by atoms with E-state index in [4.69, 9.17) is 11.5 Å². The number of benzene rings is 2. The maximum atomic E-state index is 11.4. The molecule has 0 saturated carbocycles. The van der Waals surface area contributed by atoms with Gasteiger partial charge in [-0.15, -0.1) is 0 Å². The number of hydrogen-bond donors (Lipinski definition) is 3. The molecule has 0 bridgehead atoms. The highest BCUT2D eigenvalue weighted by Gasteiger charge is 2.11. The van der Waals surface area contributed by atoms with Crippen molar-refractivity contribution < 1.29 is 4.79 Å². The molecule has 98 valence electrons. The van der Waals surface area contributed by atoms with Gasteiger partial charge in [0.2, 0.25) is 0 Å². The summed E-state index contributed by atoms with van der Waals surface area (Å²) < 4.78 is 1.02. The van der Waals surface area contributed by atoms with E-state index in [1.54, 1.807) is 18.2 Å². The Labute approximate surface area is 119 Å². The van der Waals surface area contributed by atoms with E-state index in [9.17, 15) is 4.79 Å². The second-order valence-corrected chi connectivity index (χ2v) is 5.08. The zero-order valence-corrected chi connectivity index (χ0v) is 12.0. The fourth-order valence-electron chi connectivity index (χ4n) is 1.78. The fraction of sp³-hybridized carbons (Fsp3) is 0.0714. The molecule has 0 aliphatic heterocycles. The van der Waals surface area contributed by atoms with Crippen LogP contribution in [0.5, 0.6) is 0 Å². The van der Waals surface area contributed by atoms with Gasteiger partial charge in [-0.2, -0.15) is 0 Å². The lowest BCUT2D eigenvalue weighted by Crippen LogP contribution is -2.14. The third-order valence-electron chi connectivity index (χ3n) is 2.79. The molecule has 1 amide bonds. The molecule has 0 unspecified atom stereocenters. The Morgan fingerprint density at radius 1 is 1.26 bits per heavy atom. The van der Waals surface area contributed by atoms with Gasteiger partial charge in [0.15, 0.2) is 0 Å². The van der Waals surface area contributed by atoms with Gasteiger partial charge < -0.3 is 16.8 Å². The van der Waals surface area contributed by atoms with Crippen molar-refractivity contribution in [3.8, 4) is 0 Å². The number of amides is 1. The number of nitrogen functional groups attached to an aromatic ring is 1. The zero-order valence-electron chi connectivity index (χ0n) is 10.4. The van der Waals surface area contributed by atoms with Gasteiger partial charge in [-0.1, -0.05) is 22.0 Å². The second kappa shape index (κ2) is 5.32. The van der Waals surface area contributed by atoms with E-state index < -0.39 is 5.91 Å². The zero-order chi connectivity index (χ0) is 14.0. The summed E-state index contributed by atoms with van der Waals surface area (Å²) in [6.07, 6.45) is 0. The Morgan fingerprint density at radius 2 is 2.00 bits per heavy atom. The SMILES string of the molecule is Cc1cc(Nc2c(N)cccc2C(N)=O)ccc1Br. The average molecular weight is 320 g/mol. The lowest BCUT2D eigenvalue weighted by Gasteiger charge is -2.13. The number of para-hydroxylation sites is 1. The van der Waals surface area contributed by atoms with Gasteiger partial charge in [-0.25, -0.2) is 0 Å². The van der Waals surface area contributed by atoms with E-state index >= 15 is 0 Å². The maximum Gasteiger partial charge on any atom is 0.250 e. The molecule has 0 heterocycles. The highest BCUT2D eigenvalue weighted by molar-refractivity contribution is 9.10. The molecule has 5 heteroatoms. The molecule has 0 aliphatic carbocycles. The van der Waals surface area contributed by atoms with E-state index in [0.29, 0.717) is 16.9 Å². The van der Waals surface area contributed by atoms with Gasteiger partial charge in [-0.05, 0) is 42.8 Å². The minimum Gasteiger partial charge on any atom is -0.397 e. The highest BCUT2D eigenvalue weighted by Crippen LogP contribution is 2.29. The highest BCUT2D eigenvalue weighted by atomic mass is 79.9. The van der Waals surface area contributed by atoms with Gasteiger partial charge in [-0.3, -0.25) is 4.79 Å². The Bertz CT molecular complexity index is 641. The molecular formula is C14H14BrN3O. The number of hydrogen-bond acceptors (Lipinski definition) is 3. The molecule has 2 aromatic rings. The van der Waals surface area contributed by atoms with Crippen LogP contribution in [0.25, 0.3) is 0 Å². The smallest absolute Gasteiger partial charge is 0.250 e. The van der Waals surface area contributed by atoms with Crippen molar-refractivity contribution >= 4 is 38.9 Å². The van der Waals surface area contributed by atoms with Crippen LogP contribution in [0.1, 0.15) is 15.9 Å². The summed E-state index contributed by atoms with van der Waals surface area (Å²) in [6.45, 7) is 1.98. The first-order chi connectivity index (χ1) is 8.99. The number of aryl methyl sites for hydroxylation is 1. The minimum absolute atomic E-state index is 0.376. The quantitative estimate of drug-likeness (QED) is 0.760. The van der Waals surface area contributed by atoms with Crippen LogP contribution in [0, 0.1) is 6.92 Å².